The first-order valence-corrected chi connectivity index (χ1v) is 14.2. The van der Waals surface area contributed by atoms with Crippen molar-refractivity contribution in [2.24, 2.45) is 0 Å². The first-order chi connectivity index (χ1) is 17.2. The molecule has 0 saturated heterocycles. The number of rotatable bonds is 18. The molecule has 0 aliphatic carbocycles. The number of carbonyl (C=O) groups excluding carboxylic acids is 1. The number of amides is 1. The van der Waals surface area contributed by atoms with Crippen molar-refractivity contribution in [3.05, 3.63) is 34.4 Å². The molecule has 0 bridgehead atoms. The van der Waals surface area contributed by atoms with Crippen LogP contribution in [0.1, 0.15) is 109 Å². The fourth-order valence-corrected chi connectivity index (χ4v) is 5.01. The predicted octanol–water partition coefficient (Wildman–Crippen LogP) is 6.35. The minimum atomic E-state index is -0.0797. The van der Waals surface area contributed by atoms with Crippen LogP contribution in [0.3, 0.4) is 0 Å². The lowest BCUT2D eigenvalue weighted by Crippen LogP contribution is -2.29. The van der Waals surface area contributed by atoms with Gasteiger partial charge in [-0.15, -0.1) is 0 Å². The molecule has 35 heavy (non-hydrogen) atoms. The van der Waals surface area contributed by atoms with Crippen LogP contribution in [0.2, 0.25) is 0 Å². The zero-order valence-electron chi connectivity index (χ0n) is 21.9. The number of aryl methyl sites for hydroxylation is 1. The highest BCUT2D eigenvalue weighted by molar-refractivity contribution is 5.94. The third kappa shape index (κ3) is 9.40. The minimum Gasteiger partial charge on any atom is -0.325 e. The van der Waals surface area contributed by atoms with Gasteiger partial charge in [-0.25, -0.2) is 4.98 Å². The summed E-state index contributed by atoms with van der Waals surface area (Å²) in [5, 5.41) is 6.72. The van der Waals surface area contributed by atoms with Crippen LogP contribution in [-0.2, 0) is 17.8 Å². The number of unbranched alkanes of at least 4 members (excludes halogenated alkanes) is 13. The first-order valence-electron chi connectivity index (χ1n) is 14.2. The summed E-state index contributed by atoms with van der Waals surface area (Å²) in [6.07, 6.45) is 20.7. The molecule has 2 N–H and O–H groups in total. The van der Waals surface area contributed by atoms with Gasteiger partial charge in [-0.2, -0.15) is 0 Å². The van der Waals surface area contributed by atoms with Crippen molar-refractivity contribution in [1.82, 2.24) is 14.9 Å². The third-order valence-electron chi connectivity index (χ3n) is 7.09. The molecule has 6 heteroatoms. The van der Waals surface area contributed by atoms with Crippen molar-refractivity contribution in [2.45, 2.75) is 116 Å². The molecule has 1 amide bonds. The summed E-state index contributed by atoms with van der Waals surface area (Å²) in [4.78, 5) is 29.6. The van der Waals surface area contributed by atoms with Gasteiger partial charge in [0.05, 0.1) is 17.4 Å². The number of benzene rings is 1. The lowest BCUT2D eigenvalue weighted by atomic mass is 10.0. The van der Waals surface area contributed by atoms with Crippen LogP contribution in [0.15, 0.2) is 23.0 Å². The van der Waals surface area contributed by atoms with Gasteiger partial charge in [-0.3, -0.25) is 14.2 Å². The average molecular weight is 483 g/mol. The monoisotopic (exact) mass is 482 g/mol. The number of hydrogen-bond donors (Lipinski definition) is 2. The second kappa shape index (κ2) is 15.7. The number of nitrogens with one attached hydrogen (secondary N) is 2. The second-order valence-electron chi connectivity index (χ2n) is 10.1. The summed E-state index contributed by atoms with van der Waals surface area (Å²) >= 11 is 0. The van der Waals surface area contributed by atoms with Crippen LogP contribution in [0.4, 0.5) is 5.69 Å². The van der Waals surface area contributed by atoms with Gasteiger partial charge in [-0.05, 0) is 37.6 Å². The Morgan fingerprint density at radius 3 is 2.20 bits per heavy atom. The fraction of sp³-hybridized carbons (Fsp3) is 0.690. The molecule has 3 rings (SSSR count). The Kier molecular flexibility index (Phi) is 12.3. The Morgan fingerprint density at radius 2 is 1.54 bits per heavy atom. The zero-order chi connectivity index (χ0) is 24.7. The molecule has 6 nitrogen and oxygen atoms in total. The Labute approximate surface area is 211 Å². The van der Waals surface area contributed by atoms with Crippen molar-refractivity contribution in [2.75, 3.05) is 18.4 Å². The summed E-state index contributed by atoms with van der Waals surface area (Å²) in [5.74, 6) is 0.788. The van der Waals surface area contributed by atoms with E-state index in [-0.39, 0.29) is 18.0 Å². The van der Waals surface area contributed by atoms with E-state index in [1.807, 2.05) is 12.1 Å². The highest BCUT2D eigenvalue weighted by Gasteiger charge is 2.16. The maximum Gasteiger partial charge on any atom is 0.261 e. The molecule has 1 aliphatic rings. The van der Waals surface area contributed by atoms with E-state index in [1.165, 1.54) is 83.5 Å². The van der Waals surface area contributed by atoms with E-state index in [0.29, 0.717) is 16.6 Å². The summed E-state index contributed by atoms with van der Waals surface area (Å²) in [7, 11) is 0. The van der Waals surface area contributed by atoms with Gasteiger partial charge in [0.15, 0.2) is 0 Å². The van der Waals surface area contributed by atoms with Crippen molar-refractivity contribution in [1.29, 1.82) is 0 Å². The van der Waals surface area contributed by atoms with Crippen LogP contribution >= 0.6 is 0 Å². The van der Waals surface area contributed by atoms with Crippen molar-refractivity contribution >= 4 is 22.5 Å². The molecule has 194 valence electrons. The lowest BCUT2D eigenvalue weighted by molar-refractivity contribution is -0.115. The highest BCUT2D eigenvalue weighted by Crippen LogP contribution is 2.18. The van der Waals surface area contributed by atoms with E-state index in [0.717, 1.165) is 38.2 Å². The number of carbonyl (C=O) groups is 1. The molecular formula is C29H46N4O2. The van der Waals surface area contributed by atoms with Gasteiger partial charge >= 0.3 is 0 Å². The van der Waals surface area contributed by atoms with E-state index in [4.69, 9.17) is 0 Å². The molecule has 0 radical (unpaired) electrons. The molecule has 2 aromatic rings. The van der Waals surface area contributed by atoms with Gasteiger partial charge in [0.2, 0.25) is 5.91 Å². The maximum absolute atomic E-state index is 12.7. The highest BCUT2D eigenvalue weighted by atomic mass is 16.2. The molecule has 0 spiro atoms. The largest absolute Gasteiger partial charge is 0.325 e. The lowest BCUT2D eigenvalue weighted by Gasteiger charge is -2.09. The van der Waals surface area contributed by atoms with Crippen LogP contribution in [0.25, 0.3) is 10.9 Å². The number of fused-ring (bicyclic) bond motifs is 2. The quantitative estimate of drug-likeness (QED) is 0.243. The van der Waals surface area contributed by atoms with Crippen molar-refractivity contribution < 1.29 is 4.79 Å². The van der Waals surface area contributed by atoms with Crippen molar-refractivity contribution in [3.63, 3.8) is 0 Å². The molecular weight excluding hydrogens is 436 g/mol. The Hall–Kier alpha value is -2.21. The standard InChI is InChI=1S/C29H46N4O2/c1-2-3-4-5-6-7-8-9-10-11-12-13-14-15-20-30-23-28(34)31-24-18-19-26-25(22-24)29(35)33-21-16-17-27(33)32-26/h18-19,22,30H,2-17,20-21,23H2,1H3,(H,31,34). The van der Waals surface area contributed by atoms with E-state index < -0.39 is 0 Å². The topological polar surface area (TPSA) is 76.0 Å². The van der Waals surface area contributed by atoms with Gasteiger partial charge in [0, 0.05) is 18.7 Å². The van der Waals surface area contributed by atoms with Gasteiger partial charge in [-0.1, -0.05) is 90.4 Å². The second-order valence-corrected chi connectivity index (χ2v) is 10.1. The minimum absolute atomic E-state index is 0.00507. The fourth-order valence-electron chi connectivity index (χ4n) is 5.01. The molecule has 0 atom stereocenters. The van der Waals surface area contributed by atoms with E-state index in [9.17, 15) is 9.59 Å². The number of hydrogen-bond acceptors (Lipinski definition) is 4. The molecule has 2 heterocycles. The molecule has 0 unspecified atom stereocenters. The van der Waals surface area contributed by atoms with Gasteiger partial charge in [0.25, 0.3) is 5.56 Å². The summed E-state index contributed by atoms with van der Waals surface area (Å²) in [6.45, 7) is 4.16. The molecule has 1 aliphatic heterocycles. The van der Waals surface area contributed by atoms with Crippen LogP contribution < -0.4 is 16.2 Å². The number of nitrogens with zero attached hydrogens (tertiary/aromatic N) is 2. The van der Waals surface area contributed by atoms with Gasteiger partial charge < -0.3 is 10.6 Å². The molecule has 0 saturated carbocycles. The van der Waals surface area contributed by atoms with E-state index in [2.05, 4.69) is 22.5 Å². The van der Waals surface area contributed by atoms with Crippen LogP contribution in [0.5, 0.6) is 0 Å². The average Bonchev–Trinajstić information content (AvgIpc) is 3.33. The number of aromatic nitrogens is 2. The van der Waals surface area contributed by atoms with Crippen LogP contribution in [0, 0.1) is 0 Å². The summed E-state index contributed by atoms with van der Waals surface area (Å²) in [5.41, 5.74) is 1.35. The normalized spacial score (nSPS) is 12.8. The molecule has 1 aromatic heterocycles. The maximum atomic E-state index is 12.7. The Balaban J connectivity index is 1.19. The van der Waals surface area contributed by atoms with Crippen LogP contribution in [-0.4, -0.2) is 28.5 Å². The Bertz CT molecular complexity index is 969. The van der Waals surface area contributed by atoms with E-state index in [1.54, 1.807) is 10.6 Å². The SMILES string of the molecule is CCCCCCCCCCCCCCCCNCC(=O)Nc1ccc2nc3n(c(=O)c2c1)CCC3. The third-order valence-corrected chi connectivity index (χ3v) is 7.09. The summed E-state index contributed by atoms with van der Waals surface area (Å²) < 4.78 is 1.76. The van der Waals surface area contributed by atoms with E-state index >= 15 is 0 Å². The number of anilines is 1. The Morgan fingerprint density at radius 1 is 0.914 bits per heavy atom. The van der Waals surface area contributed by atoms with Crippen molar-refractivity contribution in [3.8, 4) is 0 Å². The van der Waals surface area contributed by atoms with Gasteiger partial charge in [0.1, 0.15) is 5.82 Å². The molecule has 1 aromatic carbocycles. The first kappa shape index (κ1) is 27.4. The molecule has 0 fully saturated rings. The summed E-state index contributed by atoms with van der Waals surface area (Å²) in [6, 6.07) is 5.40. The predicted molar refractivity (Wildman–Crippen MR) is 146 cm³/mol. The smallest absolute Gasteiger partial charge is 0.261 e. The zero-order valence-corrected chi connectivity index (χ0v) is 21.9.